The first-order valence-corrected chi connectivity index (χ1v) is 15.8. The SMILES string of the molecule is CCCCCCCCCCCCCCCCCCCCNCCCC[C@@H](NCC[N+](C)(C)C)C(=O)O. The average molecular weight is 513 g/mol. The molecule has 0 unspecified atom stereocenters. The predicted octanol–water partition coefficient (Wildman–Crippen LogP) is 7.54. The number of hydrogen-bond donors (Lipinski definition) is 3. The number of carboxylic acid groups (broad SMARTS) is 1. The highest BCUT2D eigenvalue weighted by Crippen LogP contribution is 2.14. The Labute approximate surface area is 226 Å². The lowest BCUT2D eigenvalue weighted by Crippen LogP contribution is -2.45. The Morgan fingerprint density at radius 2 is 1.00 bits per heavy atom. The third-order valence-corrected chi connectivity index (χ3v) is 7.27. The molecule has 0 saturated heterocycles. The number of nitrogens with one attached hydrogen (secondary N) is 2. The van der Waals surface area contributed by atoms with E-state index in [4.69, 9.17) is 0 Å². The van der Waals surface area contributed by atoms with Crippen LogP contribution in [-0.2, 0) is 4.79 Å². The number of hydrogen-bond acceptors (Lipinski definition) is 3. The molecular weight excluding hydrogens is 446 g/mol. The predicted molar refractivity (Wildman–Crippen MR) is 158 cm³/mol. The van der Waals surface area contributed by atoms with Gasteiger partial charge in [-0.2, -0.15) is 0 Å². The standard InChI is InChI=1S/C31H65N3O2/c1-5-6-7-8-9-10-11-12-13-14-15-16-17-18-19-20-21-23-26-32-27-24-22-25-30(31(35)36)33-28-29-34(2,3)4/h30,32-33H,5-29H2,1-4H3/p+1/t30-/m1/s1. The quantitative estimate of drug-likeness (QED) is 0.0715. The summed E-state index contributed by atoms with van der Waals surface area (Å²) in [6, 6.07) is -0.411. The fourth-order valence-electron chi connectivity index (χ4n) is 4.76. The number of aliphatic carboxylic acids is 1. The van der Waals surface area contributed by atoms with E-state index in [0.29, 0.717) is 6.42 Å². The van der Waals surface area contributed by atoms with Gasteiger partial charge in [0.05, 0.1) is 27.7 Å². The van der Waals surface area contributed by atoms with Crippen molar-refractivity contribution in [1.82, 2.24) is 10.6 Å². The number of likely N-dealkylation sites (N-methyl/N-ethyl adjacent to an activating group) is 1. The molecule has 0 spiro atoms. The third kappa shape index (κ3) is 27.9. The van der Waals surface area contributed by atoms with Gasteiger partial charge in [0.15, 0.2) is 0 Å². The van der Waals surface area contributed by atoms with Crippen LogP contribution in [0.3, 0.4) is 0 Å². The van der Waals surface area contributed by atoms with Crippen LogP contribution in [0.4, 0.5) is 0 Å². The molecule has 0 amide bonds. The molecule has 0 saturated carbocycles. The van der Waals surface area contributed by atoms with Crippen molar-refractivity contribution in [3.8, 4) is 0 Å². The Hall–Kier alpha value is -0.650. The zero-order valence-corrected chi connectivity index (χ0v) is 25.1. The number of carbonyl (C=O) groups is 1. The Morgan fingerprint density at radius 1 is 0.611 bits per heavy atom. The van der Waals surface area contributed by atoms with Gasteiger partial charge in [0.1, 0.15) is 6.04 Å². The highest BCUT2D eigenvalue weighted by Gasteiger charge is 2.17. The van der Waals surface area contributed by atoms with Gasteiger partial charge in [0, 0.05) is 6.54 Å². The molecule has 0 aliphatic rings. The first-order chi connectivity index (χ1) is 17.4. The molecule has 36 heavy (non-hydrogen) atoms. The van der Waals surface area contributed by atoms with Crippen LogP contribution in [0, 0.1) is 0 Å². The van der Waals surface area contributed by atoms with Crippen molar-refractivity contribution in [2.45, 2.75) is 148 Å². The van der Waals surface area contributed by atoms with Crippen molar-refractivity contribution < 1.29 is 14.4 Å². The molecule has 0 aliphatic heterocycles. The van der Waals surface area contributed by atoms with Crippen LogP contribution in [0.1, 0.15) is 142 Å². The molecule has 216 valence electrons. The summed E-state index contributed by atoms with van der Waals surface area (Å²) < 4.78 is 0.850. The summed E-state index contributed by atoms with van der Waals surface area (Å²) in [5.74, 6) is -0.719. The maximum atomic E-state index is 11.4. The average Bonchev–Trinajstić information content (AvgIpc) is 2.82. The van der Waals surface area contributed by atoms with E-state index in [0.717, 1.165) is 43.5 Å². The van der Waals surface area contributed by atoms with Crippen LogP contribution >= 0.6 is 0 Å². The lowest BCUT2D eigenvalue weighted by atomic mass is 10.0. The Morgan fingerprint density at radius 3 is 1.39 bits per heavy atom. The zero-order chi connectivity index (χ0) is 26.7. The van der Waals surface area contributed by atoms with E-state index in [-0.39, 0.29) is 0 Å². The van der Waals surface area contributed by atoms with Gasteiger partial charge in [-0.05, 0) is 32.4 Å². The molecule has 0 aromatic heterocycles. The molecule has 1 atom stereocenters. The Bertz CT molecular complexity index is 465. The topological polar surface area (TPSA) is 61.4 Å². The molecular formula is C31H66N3O2+. The van der Waals surface area contributed by atoms with Crippen LogP contribution in [0.2, 0.25) is 0 Å². The molecule has 0 aliphatic carbocycles. The van der Waals surface area contributed by atoms with Crippen molar-refractivity contribution in [2.24, 2.45) is 0 Å². The van der Waals surface area contributed by atoms with Crippen LogP contribution in [-0.4, -0.2) is 68.9 Å². The Kier molecular flexibility index (Phi) is 25.5. The van der Waals surface area contributed by atoms with Crippen LogP contribution < -0.4 is 10.6 Å². The van der Waals surface area contributed by atoms with Gasteiger partial charge in [-0.15, -0.1) is 0 Å². The molecule has 5 heteroatoms. The van der Waals surface area contributed by atoms with E-state index in [2.05, 4.69) is 38.7 Å². The Balaban J connectivity index is 3.28. The van der Waals surface area contributed by atoms with Gasteiger partial charge in [0.2, 0.25) is 0 Å². The first kappa shape index (κ1) is 35.4. The van der Waals surface area contributed by atoms with Gasteiger partial charge in [-0.3, -0.25) is 10.1 Å². The minimum atomic E-state index is -0.719. The zero-order valence-electron chi connectivity index (χ0n) is 25.1. The van der Waals surface area contributed by atoms with E-state index in [1.165, 1.54) is 116 Å². The largest absolute Gasteiger partial charge is 0.480 e. The first-order valence-electron chi connectivity index (χ1n) is 15.8. The lowest BCUT2D eigenvalue weighted by Gasteiger charge is -2.25. The minimum Gasteiger partial charge on any atom is -0.480 e. The molecule has 0 fully saturated rings. The summed E-state index contributed by atoms with van der Waals surface area (Å²) in [4.78, 5) is 11.4. The number of unbranched alkanes of at least 4 members (excludes halogenated alkanes) is 18. The maximum absolute atomic E-state index is 11.4. The highest BCUT2D eigenvalue weighted by molar-refractivity contribution is 5.73. The summed E-state index contributed by atoms with van der Waals surface area (Å²) in [6.45, 7) is 6.08. The van der Waals surface area contributed by atoms with Gasteiger partial charge < -0.3 is 14.9 Å². The number of quaternary nitrogens is 1. The summed E-state index contributed by atoms with van der Waals surface area (Å²) >= 11 is 0. The van der Waals surface area contributed by atoms with Crippen molar-refractivity contribution in [1.29, 1.82) is 0 Å². The smallest absolute Gasteiger partial charge is 0.320 e. The van der Waals surface area contributed by atoms with Crippen LogP contribution in [0.5, 0.6) is 0 Å². The molecule has 3 N–H and O–H groups in total. The summed E-state index contributed by atoms with van der Waals surface area (Å²) in [5, 5.41) is 16.1. The number of carboxylic acids is 1. The molecule has 0 bridgehead atoms. The van der Waals surface area contributed by atoms with Crippen molar-refractivity contribution in [3.05, 3.63) is 0 Å². The molecule has 0 rings (SSSR count). The second kappa shape index (κ2) is 26.0. The van der Waals surface area contributed by atoms with Gasteiger partial charge in [-0.25, -0.2) is 0 Å². The van der Waals surface area contributed by atoms with Crippen molar-refractivity contribution in [3.63, 3.8) is 0 Å². The van der Waals surface area contributed by atoms with Gasteiger partial charge in [-0.1, -0.05) is 122 Å². The van der Waals surface area contributed by atoms with Crippen LogP contribution in [0.25, 0.3) is 0 Å². The van der Waals surface area contributed by atoms with E-state index in [1.54, 1.807) is 0 Å². The van der Waals surface area contributed by atoms with Gasteiger partial charge in [0.25, 0.3) is 0 Å². The summed E-state index contributed by atoms with van der Waals surface area (Å²) in [7, 11) is 6.39. The van der Waals surface area contributed by atoms with Crippen LogP contribution in [0.15, 0.2) is 0 Å². The second-order valence-electron chi connectivity index (χ2n) is 12.1. The second-order valence-corrected chi connectivity index (χ2v) is 12.1. The van der Waals surface area contributed by atoms with E-state index >= 15 is 0 Å². The lowest BCUT2D eigenvalue weighted by molar-refractivity contribution is -0.869. The molecule has 5 nitrogen and oxygen atoms in total. The van der Waals surface area contributed by atoms with E-state index in [9.17, 15) is 9.90 Å². The maximum Gasteiger partial charge on any atom is 0.320 e. The highest BCUT2D eigenvalue weighted by atomic mass is 16.4. The fourth-order valence-corrected chi connectivity index (χ4v) is 4.76. The van der Waals surface area contributed by atoms with E-state index in [1.807, 2.05) is 0 Å². The van der Waals surface area contributed by atoms with Crippen molar-refractivity contribution >= 4 is 5.97 Å². The monoisotopic (exact) mass is 513 g/mol. The molecule has 0 radical (unpaired) electrons. The summed E-state index contributed by atoms with van der Waals surface area (Å²) in [6.07, 6.45) is 28.3. The fraction of sp³-hybridized carbons (Fsp3) is 0.968. The molecule has 0 aromatic rings. The number of nitrogens with zero attached hydrogens (tertiary/aromatic N) is 1. The van der Waals surface area contributed by atoms with E-state index < -0.39 is 12.0 Å². The minimum absolute atomic E-state index is 0.411. The molecule has 0 heterocycles. The normalized spacial score (nSPS) is 12.8. The van der Waals surface area contributed by atoms with Gasteiger partial charge >= 0.3 is 5.97 Å². The third-order valence-electron chi connectivity index (χ3n) is 7.27. The van der Waals surface area contributed by atoms with Crippen molar-refractivity contribution in [2.75, 3.05) is 47.3 Å². The molecule has 0 aromatic carbocycles. The number of rotatable bonds is 29. The summed E-state index contributed by atoms with van der Waals surface area (Å²) in [5.41, 5.74) is 0.